The molecule has 0 aliphatic carbocycles. The molecule has 1 heterocycles. The van der Waals surface area contributed by atoms with Gasteiger partial charge in [-0.05, 0) is 66.3 Å². The van der Waals surface area contributed by atoms with Crippen LogP contribution in [0.25, 0.3) is 0 Å². The zero-order valence-electron chi connectivity index (χ0n) is 28.6. The van der Waals surface area contributed by atoms with Crippen LogP contribution in [0.2, 0.25) is 0 Å². The average Bonchev–Trinajstić information content (AvgIpc) is 2.97. The first-order valence-corrected chi connectivity index (χ1v) is 15.1. The lowest BCUT2D eigenvalue weighted by Crippen LogP contribution is -2.37. The Labute approximate surface area is 268 Å². The topological polar surface area (TPSA) is 145 Å². The molecule has 0 saturated carbocycles. The van der Waals surface area contributed by atoms with Crippen molar-refractivity contribution in [2.24, 2.45) is 10.4 Å². The number of unbranched alkanes of at least 4 members (excludes halogenated alkanes) is 1. The molecule has 2 aromatic rings. The predicted octanol–water partition coefficient (Wildman–Crippen LogP) is 4.77. The van der Waals surface area contributed by atoms with E-state index < -0.39 is 17.5 Å². The van der Waals surface area contributed by atoms with E-state index >= 15 is 0 Å². The summed E-state index contributed by atoms with van der Waals surface area (Å²) in [5.74, 6) is 0.311. The molecule has 0 saturated heterocycles. The second-order valence-electron chi connectivity index (χ2n) is 11.9. The lowest BCUT2D eigenvalue weighted by atomic mass is 9.89. The maximum atomic E-state index is 12.5. The highest BCUT2D eigenvalue weighted by Gasteiger charge is 2.23. The van der Waals surface area contributed by atoms with Crippen molar-refractivity contribution in [2.75, 3.05) is 47.6 Å². The fourth-order valence-corrected chi connectivity index (χ4v) is 3.55. The molecule has 1 atom stereocenters. The van der Waals surface area contributed by atoms with E-state index in [0.29, 0.717) is 32.1 Å². The number of nitrogens with one attached hydrogen (secondary N) is 1. The number of amides is 1. The Morgan fingerprint density at radius 2 is 1.76 bits per heavy atom. The van der Waals surface area contributed by atoms with Crippen molar-refractivity contribution in [1.82, 2.24) is 19.8 Å². The van der Waals surface area contributed by atoms with Crippen molar-refractivity contribution in [2.45, 2.75) is 79.2 Å². The maximum Gasteiger partial charge on any atom is 0.410 e. The molecule has 2 N–H and O–H groups in total. The van der Waals surface area contributed by atoms with E-state index in [4.69, 9.17) is 14.2 Å². The second kappa shape index (κ2) is 23.0. The van der Waals surface area contributed by atoms with Gasteiger partial charge in [0.25, 0.3) is 0 Å². The number of nitrogens with zero attached hydrogens (tertiary/aromatic N) is 4. The van der Waals surface area contributed by atoms with E-state index in [2.05, 4.69) is 15.3 Å². The van der Waals surface area contributed by atoms with Crippen LogP contribution >= 0.6 is 0 Å². The number of aldehydes is 1. The Morgan fingerprint density at radius 3 is 2.29 bits per heavy atom. The standard InChI is InChI=1S/C20H31NO3.C11H17N3O4.C2H7N/c1-19(2,3)24-18(23)21(15-17-11-7-6-8-12-17)14-10-9-13-20(4,5)16-22;1-3-12-9-4-5-14(11(16)13-9)10(15)8-18-7-6-17-2;1-3-2/h6-8,11-12,16H,9-10,13-15H2,1-5H3;3-5,10,15H,6-8H2,1-2H3;3H,1-2H3/t;10-;/m.0./s1. The van der Waals surface area contributed by atoms with Crippen LogP contribution in [0, 0.1) is 5.41 Å². The van der Waals surface area contributed by atoms with Gasteiger partial charge in [0.15, 0.2) is 12.0 Å². The summed E-state index contributed by atoms with van der Waals surface area (Å²) in [7, 11) is 5.31. The molecule has 1 aromatic carbocycles. The number of benzene rings is 1. The van der Waals surface area contributed by atoms with Gasteiger partial charge in [-0.2, -0.15) is 4.98 Å². The van der Waals surface area contributed by atoms with Crippen molar-refractivity contribution in [3.8, 4) is 0 Å². The quantitative estimate of drug-likeness (QED) is 0.161. The van der Waals surface area contributed by atoms with Crippen LogP contribution < -0.4 is 11.0 Å². The number of aliphatic hydroxyl groups excluding tert-OH is 1. The summed E-state index contributed by atoms with van der Waals surface area (Å²) in [6, 6.07) is 11.5. The summed E-state index contributed by atoms with van der Waals surface area (Å²) < 4.78 is 16.5. The normalized spacial score (nSPS) is 12.0. The predicted molar refractivity (Wildman–Crippen MR) is 178 cm³/mol. The molecule has 12 heteroatoms. The van der Waals surface area contributed by atoms with Crippen LogP contribution in [-0.2, 0) is 25.5 Å². The van der Waals surface area contributed by atoms with Crippen molar-refractivity contribution >= 4 is 24.4 Å². The van der Waals surface area contributed by atoms with Crippen LogP contribution in [0.1, 0.15) is 72.6 Å². The summed E-state index contributed by atoms with van der Waals surface area (Å²) in [6.45, 7) is 13.2. The molecule has 0 spiro atoms. The summed E-state index contributed by atoms with van der Waals surface area (Å²) in [6.07, 6.45) is 5.19. The number of hydrogen-bond acceptors (Lipinski definition) is 10. The molecule has 254 valence electrons. The summed E-state index contributed by atoms with van der Waals surface area (Å²) in [5.41, 5.74) is -0.292. The smallest absolute Gasteiger partial charge is 0.410 e. The number of carbonyl (C=O) groups excluding carboxylic acids is 2. The lowest BCUT2D eigenvalue weighted by Gasteiger charge is -2.28. The first-order chi connectivity index (χ1) is 21.2. The van der Waals surface area contributed by atoms with E-state index in [0.717, 1.165) is 35.7 Å². The number of rotatable bonds is 15. The van der Waals surface area contributed by atoms with E-state index in [9.17, 15) is 19.5 Å². The molecule has 0 radical (unpaired) electrons. The number of aliphatic hydroxyl groups is 1. The van der Waals surface area contributed by atoms with Crippen LogP contribution in [0.3, 0.4) is 0 Å². The molecular weight excluding hydrogens is 578 g/mol. The Morgan fingerprint density at radius 1 is 1.11 bits per heavy atom. The molecule has 1 amide bonds. The molecule has 12 nitrogen and oxygen atoms in total. The highest BCUT2D eigenvalue weighted by Crippen LogP contribution is 2.21. The van der Waals surface area contributed by atoms with Gasteiger partial charge in [0.05, 0.1) is 19.8 Å². The summed E-state index contributed by atoms with van der Waals surface area (Å²) in [4.78, 5) is 44.3. The van der Waals surface area contributed by atoms with Crippen molar-refractivity contribution in [1.29, 1.82) is 0 Å². The van der Waals surface area contributed by atoms with Gasteiger partial charge in [-0.1, -0.05) is 50.6 Å². The van der Waals surface area contributed by atoms with Crippen molar-refractivity contribution < 1.29 is 28.9 Å². The Balaban J connectivity index is 0.000000817. The van der Waals surface area contributed by atoms with Gasteiger partial charge in [0.1, 0.15) is 11.9 Å². The fourth-order valence-electron chi connectivity index (χ4n) is 3.55. The van der Waals surface area contributed by atoms with E-state index in [1.165, 1.54) is 12.4 Å². The number of hydrogen-bond donors (Lipinski definition) is 2. The maximum absolute atomic E-state index is 12.5. The molecule has 45 heavy (non-hydrogen) atoms. The zero-order valence-corrected chi connectivity index (χ0v) is 28.6. The average molecular weight is 634 g/mol. The molecule has 0 aliphatic heterocycles. The minimum Gasteiger partial charge on any atom is -0.444 e. The largest absolute Gasteiger partial charge is 0.444 e. The number of aliphatic imine (C=N–C) groups is 1. The minimum atomic E-state index is -1.07. The number of methoxy groups -OCH3 is 1. The Bertz CT molecular complexity index is 1160. The van der Waals surface area contributed by atoms with E-state index in [1.54, 1.807) is 25.0 Å². The fraction of sp³-hybridized carbons (Fsp3) is 0.606. The Hall–Kier alpha value is -3.45. The molecular formula is C33H55N5O7. The second-order valence-corrected chi connectivity index (χ2v) is 11.9. The zero-order chi connectivity index (χ0) is 34.3. The van der Waals surface area contributed by atoms with Crippen molar-refractivity contribution in [3.63, 3.8) is 0 Å². The molecule has 0 unspecified atom stereocenters. The molecule has 0 bridgehead atoms. The molecule has 0 aliphatic rings. The van der Waals surface area contributed by atoms with Gasteiger partial charge in [-0.3, -0.25) is 4.57 Å². The van der Waals surface area contributed by atoms with Crippen LogP contribution in [-0.4, -0.2) is 91.3 Å². The third-order valence-electron chi connectivity index (χ3n) is 5.78. The van der Waals surface area contributed by atoms with Gasteiger partial charge >= 0.3 is 11.8 Å². The van der Waals surface area contributed by atoms with E-state index in [-0.39, 0.29) is 18.1 Å². The van der Waals surface area contributed by atoms with Crippen LogP contribution in [0.5, 0.6) is 0 Å². The highest BCUT2D eigenvalue weighted by atomic mass is 16.6. The SMILES string of the molecule is CC(C)(C=O)CCCCN(Cc1ccccc1)C(=O)OC(C)(C)C.CC=Nc1ccn([C@@H](O)COCCOC)c(=O)n1.CNC. The third kappa shape index (κ3) is 20.3. The molecule has 2 rings (SSSR count). The molecule has 1 aromatic heterocycles. The van der Waals surface area contributed by atoms with E-state index in [1.807, 2.05) is 79.0 Å². The first kappa shape index (κ1) is 41.5. The van der Waals surface area contributed by atoms with Crippen LogP contribution in [0.4, 0.5) is 10.6 Å². The van der Waals surface area contributed by atoms with Crippen LogP contribution in [0.15, 0.2) is 52.4 Å². The highest BCUT2D eigenvalue weighted by molar-refractivity contribution is 5.68. The number of ether oxygens (including phenoxy) is 3. The number of aromatic nitrogens is 2. The van der Waals surface area contributed by atoms with Gasteiger partial charge < -0.3 is 34.3 Å². The van der Waals surface area contributed by atoms with Gasteiger partial charge in [0.2, 0.25) is 0 Å². The van der Waals surface area contributed by atoms with Gasteiger partial charge in [-0.25, -0.2) is 14.6 Å². The number of carbonyl (C=O) groups is 2. The molecule has 0 fully saturated rings. The monoisotopic (exact) mass is 633 g/mol. The summed E-state index contributed by atoms with van der Waals surface area (Å²) >= 11 is 0. The van der Waals surface area contributed by atoms with Gasteiger partial charge in [0, 0.05) is 38.0 Å². The minimum absolute atomic E-state index is 0.00133. The van der Waals surface area contributed by atoms with Crippen molar-refractivity contribution in [3.05, 3.63) is 58.6 Å². The van der Waals surface area contributed by atoms with Gasteiger partial charge in [-0.15, -0.1) is 0 Å². The third-order valence-corrected chi connectivity index (χ3v) is 5.78. The lowest BCUT2D eigenvalue weighted by molar-refractivity contribution is -0.115. The summed E-state index contributed by atoms with van der Waals surface area (Å²) in [5, 5.41) is 12.5. The Kier molecular flexibility index (Phi) is 21.2. The first-order valence-electron chi connectivity index (χ1n) is 15.1.